The van der Waals surface area contributed by atoms with Crippen molar-refractivity contribution in [3.05, 3.63) is 71.8 Å². The second kappa shape index (κ2) is 7.62. The van der Waals surface area contributed by atoms with Crippen LogP contribution in [0.5, 0.6) is 0 Å². The average molecular weight is 403 g/mol. The number of ketones is 1. The van der Waals surface area contributed by atoms with Crippen molar-refractivity contribution in [1.29, 1.82) is 5.26 Å². The zero-order valence-electron chi connectivity index (χ0n) is 15.9. The predicted octanol–water partition coefficient (Wildman–Crippen LogP) is 5.01. The summed E-state index contributed by atoms with van der Waals surface area (Å²) < 4.78 is 53.5. The Balaban J connectivity index is 2.05. The fourth-order valence-electron chi connectivity index (χ4n) is 3.37. The molecule has 3 atom stereocenters. The van der Waals surface area contributed by atoms with E-state index in [1.54, 1.807) is 50.2 Å². The number of nitriles is 1. The van der Waals surface area contributed by atoms with Crippen molar-refractivity contribution in [2.45, 2.75) is 44.4 Å². The molecule has 0 bridgehead atoms. The third-order valence-corrected chi connectivity index (χ3v) is 5.21. The van der Waals surface area contributed by atoms with Crippen molar-refractivity contribution in [1.82, 2.24) is 0 Å². The third kappa shape index (κ3) is 3.78. The summed E-state index contributed by atoms with van der Waals surface area (Å²) in [5.41, 5.74) is -1.06. The van der Waals surface area contributed by atoms with Gasteiger partial charge in [0.25, 0.3) is 5.79 Å². The van der Waals surface area contributed by atoms with Gasteiger partial charge in [0.05, 0.1) is 12.2 Å². The molecule has 1 aliphatic rings. The van der Waals surface area contributed by atoms with E-state index in [1.807, 2.05) is 6.07 Å². The van der Waals surface area contributed by atoms with Crippen molar-refractivity contribution in [3.63, 3.8) is 0 Å². The third-order valence-electron chi connectivity index (χ3n) is 5.21. The van der Waals surface area contributed by atoms with Crippen LogP contribution >= 0.6 is 0 Å². The summed E-state index contributed by atoms with van der Waals surface area (Å²) >= 11 is 0. The number of halogens is 3. The molecule has 29 heavy (non-hydrogen) atoms. The zero-order chi connectivity index (χ0) is 21.3. The number of hydrogen-bond acceptors (Lipinski definition) is 4. The largest absolute Gasteiger partial charge is 0.448 e. The number of rotatable bonds is 4. The van der Waals surface area contributed by atoms with Gasteiger partial charge in [-0.2, -0.15) is 18.4 Å². The molecule has 1 fully saturated rings. The minimum absolute atomic E-state index is 0.277. The van der Waals surface area contributed by atoms with Gasteiger partial charge in [0, 0.05) is 23.0 Å². The number of alkyl halides is 3. The zero-order valence-corrected chi connectivity index (χ0v) is 15.9. The Bertz CT molecular complexity index is 906. The van der Waals surface area contributed by atoms with Crippen LogP contribution in [-0.2, 0) is 15.3 Å². The van der Waals surface area contributed by atoms with E-state index in [0.29, 0.717) is 5.56 Å². The first-order valence-corrected chi connectivity index (χ1v) is 9.07. The first-order valence-electron chi connectivity index (χ1n) is 9.07. The minimum atomic E-state index is -4.96. The van der Waals surface area contributed by atoms with E-state index in [4.69, 9.17) is 9.47 Å². The number of hydrogen-bond donors (Lipinski definition) is 0. The lowest BCUT2D eigenvalue weighted by Gasteiger charge is -2.51. The highest BCUT2D eigenvalue weighted by Crippen LogP contribution is 2.52. The molecule has 0 radical (unpaired) electrons. The highest BCUT2D eigenvalue weighted by molar-refractivity contribution is 5.96. The summed E-state index contributed by atoms with van der Waals surface area (Å²) in [7, 11) is 0. The summed E-state index contributed by atoms with van der Waals surface area (Å²) in [6.07, 6.45) is -7.92. The molecular weight excluding hydrogens is 383 g/mol. The van der Waals surface area contributed by atoms with Crippen LogP contribution in [0.25, 0.3) is 0 Å². The molecule has 152 valence electrons. The van der Waals surface area contributed by atoms with Crippen LogP contribution in [0.4, 0.5) is 13.2 Å². The molecule has 0 unspecified atom stereocenters. The van der Waals surface area contributed by atoms with Gasteiger partial charge in [-0.25, -0.2) is 0 Å². The van der Waals surface area contributed by atoms with Gasteiger partial charge in [0.15, 0.2) is 11.9 Å². The number of nitrogens with zero attached hydrogens (tertiary/aromatic N) is 1. The molecule has 0 amide bonds. The molecule has 0 N–H and O–H groups in total. The van der Waals surface area contributed by atoms with Crippen LogP contribution in [0, 0.1) is 16.7 Å². The van der Waals surface area contributed by atoms with Gasteiger partial charge < -0.3 is 9.47 Å². The summed E-state index contributed by atoms with van der Waals surface area (Å²) in [5, 5.41) is 9.56. The summed E-state index contributed by atoms with van der Waals surface area (Å²) in [5.74, 6) is -3.50. The van der Waals surface area contributed by atoms with E-state index >= 15 is 0 Å². The molecule has 3 rings (SSSR count). The molecule has 0 aliphatic carbocycles. The fourth-order valence-corrected chi connectivity index (χ4v) is 3.37. The monoisotopic (exact) mass is 403 g/mol. The van der Waals surface area contributed by atoms with Crippen molar-refractivity contribution < 1.29 is 27.4 Å². The summed E-state index contributed by atoms with van der Waals surface area (Å²) in [4.78, 5) is 12.7. The van der Waals surface area contributed by atoms with Crippen LogP contribution < -0.4 is 0 Å². The molecule has 2 aromatic rings. The maximum Gasteiger partial charge on any atom is 0.448 e. The van der Waals surface area contributed by atoms with Crippen molar-refractivity contribution in [3.8, 4) is 6.07 Å². The molecule has 1 heterocycles. The number of ether oxygens (including phenoxy) is 2. The lowest BCUT2D eigenvalue weighted by Crippen LogP contribution is -2.61. The van der Waals surface area contributed by atoms with E-state index in [1.165, 1.54) is 24.3 Å². The van der Waals surface area contributed by atoms with Crippen LogP contribution in [0.2, 0.25) is 0 Å². The van der Waals surface area contributed by atoms with Gasteiger partial charge in [-0.1, -0.05) is 74.5 Å². The van der Waals surface area contributed by atoms with Crippen LogP contribution in [-0.4, -0.2) is 24.2 Å². The molecule has 1 saturated heterocycles. The maximum absolute atomic E-state index is 14.2. The Labute approximate surface area is 166 Å². The standard InChI is InChI=1S/C22H20F3NO3/c1-20(2)18(13-17(27)15-9-5-3-6-10-15)28-21(22(23,24)25,29-19(20)14-26)16-11-7-4-8-12-16/h3-12,18-19H,13H2,1-2H3/t18-,19+,21-/m0/s1. The topological polar surface area (TPSA) is 59.3 Å². The Morgan fingerprint density at radius 2 is 1.59 bits per heavy atom. The number of Topliss-reactive ketones (excluding diaryl/α,β-unsaturated/α-hetero) is 1. The van der Waals surface area contributed by atoms with E-state index in [9.17, 15) is 23.2 Å². The Morgan fingerprint density at radius 1 is 1.03 bits per heavy atom. The Kier molecular flexibility index (Phi) is 5.52. The van der Waals surface area contributed by atoms with E-state index in [-0.39, 0.29) is 17.8 Å². The van der Waals surface area contributed by atoms with E-state index < -0.39 is 29.6 Å². The molecule has 0 saturated carbocycles. The van der Waals surface area contributed by atoms with Gasteiger partial charge in [0.1, 0.15) is 0 Å². The normalized spacial score (nSPS) is 26.5. The maximum atomic E-state index is 14.2. The van der Waals surface area contributed by atoms with Gasteiger partial charge in [-0.15, -0.1) is 0 Å². The molecule has 1 aliphatic heterocycles. The highest BCUT2D eigenvalue weighted by atomic mass is 19.4. The van der Waals surface area contributed by atoms with Crippen molar-refractivity contribution in [2.24, 2.45) is 5.41 Å². The lowest BCUT2D eigenvalue weighted by molar-refractivity contribution is -0.448. The highest BCUT2D eigenvalue weighted by Gasteiger charge is 2.66. The Hall–Kier alpha value is -2.69. The molecule has 0 spiro atoms. The predicted molar refractivity (Wildman–Crippen MR) is 98.7 cm³/mol. The average Bonchev–Trinajstić information content (AvgIpc) is 2.69. The minimum Gasteiger partial charge on any atom is -0.334 e. The quantitative estimate of drug-likeness (QED) is 0.674. The van der Waals surface area contributed by atoms with Gasteiger partial charge >= 0.3 is 6.18 Å². The van der Waals surface area contributed by atoms with E-state index in [2.05, 4.69) is 0 Å². The molecule has 4 nitrogen and oxygen atoms in total. The summed E-state index contributed by atoms with van der Waals surface area (Å²) in [6, 6.07) is 17.0. The molecule has 7 heteroatoms. The van der Waals surface area contributed by atoms with Gasteiger partial charge in [-0.3, -0.25) is 4.79 Å². The van der Waals surface area contributed by atoms with Crippen molar-refractivity contribution >= 4 is 5.78 Å². The van der Waals surface area contributed by atoms with Crippen molar-refractivity contribution in [2.75, 3.05) is 0 Å². The number of carbonyl (C=O) groups excluding carboxylic acids is 1. The second-order valence-electron chi connectivity index (χ2n) is 7.53. The fraction of sp³-hybridized carbons (Fsp3) is 0.364. The molecular formula is C22H20F3NO3. The van der Waals surface area contributed by atoms with Crippen LogP contribution in [0.15, 0.2) is 60.7 Å². The second-order valence-corrected chi connectivity index (χ2v) is 7.53. The first kappa shape index (κ1) is 21.0. The SMILES string of the molecule is CC1(C)[C@H](CC(=O)c2ccccc2)O[C@](c2ccccc2)(C(F)(F)F)O[C@@H]1C#N. The van der Waals surface area contributed by atoms with E-state index in [0.717, 1.165) is 0 Å². The molecule has 2 aromatic carbocycles. The molecule has 0 aromatic heterocycles. The van der Waals surface area contributed by atoms with Gasteiger partial charge in [-0.05, 0) is 0 Å². The van der Waals surface area contributed by atoms with Crippen LogP contribution in [0.3, 0.4) is 0 Å². The smallest absolute Gasteiger partial charge is 0.334 e. The number of benzene rings is 2. The van der Waals surface area contributed by atoms with Gasteiger partial charge in [0.2, 0.25) is 0 Å². The van der Waals surface area contributed by atoms with Crippen LogP contribution in [0.1, 0.15) is 36.2 Å². The lowest BCUT2D eigenvalue weighted by atomic mass is 9.76. The first-order chi connectivity index (χ1) is 13.6. The number of carbonyl (C=O) groups is 1. The Morgan fingerprint density at radius 3 is 2.10 bits per heavy atom. The summed E-state index contributed by atoms with van der Waals surface area (Å²) in [6.45, 7) is 3.13.